The average molecular weight is 605 g/mol. The number of rotatable bonds is 4. The molecule has 0 radical (unpaired) electrons. The van der Waals surface area contributed by atoms with Gasteiger partial charge in [-0.3, -0.25) is 0 Å². The van der Waals surface area contributed by atoms with Crippen LogP contribution >= 0.6 is 0 Å². The van der Waals surface area contributed by atoms with E-state index in [-0.39, 0.29) is 0 Å². The van der Waals surface area contributed by atoms with Gasteiger partial charge in [0, 0.05) is 0 Å². The Labute approximate surface area is 259 Å². The van der Waals surface area contributed by atoms with Gasteiger partial charge in [0.1, 0.15) is 0 Å². The second-order valence-electron chi connectivity index (χ2n) is 12.0. The molecule has 2 atom stereocenters. The second-order valence-corrected chi connectivity index (χ2v) is 18.1. The van der Waals surface area contributed by atoms with Crippen molar-refractivity contribution in [3.8, 4) is 0 Å². The molecule has 2 aliphatic rings. The van der Waals surface area contributed by atoms with Gasteiger partial charge in [0.2, 0.25) is 0 Å². The van der Waals surface area contributed by atoms with Crippen LogP contribution in [0.2, 0.25) is 13.1 Å². The van der Waals surface area contributed by atoms with E-state index in [0.717, 1.165) is 76.1 Å². The van der Waals surface area contributed by atoms with Gasteiger partial charge < -0.3 is 8.22 Å². The quantitative estimate of drug-likeness (QED) is 0.139. The van der Waals surface area contributed by atoms with Gasteiger partial charge in [-0.2, -0.15) is 0 Å². The lowest BCUT2D eigenvalue weighted by Gasteiger charge is -2.38. The number of halogens is 2. The molecular formula is C40H30F2Si2. The molecule has 2 heterocycles. The molecule has 0 spiro atoms. The van der Waals surface area contributed by atoms with Gasteiger partial charge in [0.25, 0.3) is 0 Å². The summed E-state index contributed by atoms with van der Waals surface area (Å²) in [5.41, 5.74) is 7.58. The molecular weight excluding hydrogens is 575 g/mol. The second kappa shape index (κ2) is 9.95. The van der Waals surface area contributed by atoms with Crippen LogP contribution < -0.4 is 10.4 Å². The third kappa shape index (κ3) is 3.84. The lowest BCUT2D eigenvalue weighted by atomic mass is 9.86. The summed E-state index contributed by atoms with van der Waals surface area (Å²) < 4.78 is 35.9. The molecule has 0 aliphatic carbocycles. The van der Waals surface area contributed by atoms with E-state index in [0.29, 0.717) is 0 Å². The molecule has 0 N–H and O–H groups in total. The lowest BCUT2D eigenvalue weighted by Crippen LogP contribution is -2.49. The van der Waals surface area contributed by atoms with Crippen LogP contribution in [-0.4, -0.2) is 16.8 Å². The Morgan fingerprint density at radius 1 is 0.364 bits per heavy atom. The van der Waals surface area contributed by atoms with Crippen LogP contribution in [0.25, 0.3) is 32.3 Å². The summed E-state index contributed by atoms with van der Waals surface area (Å²) in [5.74, 6) is 0. The Kier molecular flexibility index (Phi) is 6.09. The predicted octanol–water partition coefficient (Wildman–Crippen LogP) is 9.37. The first-order valence-electron chi connectivity index (χ1n) is 15.1. The highest BCUT2D eigenvalue weighted by atomic mass is 28.4. The van der Waals surface area contributed by atoms with Crippen molar-refractivity contribution in [3.05, 3.63) is 179 Å². The van der Waals surface area contributed by atoms with Crippen LogP contribution in [-0.2, 0) is 0 Å². The molecule has 0 nitrogen and oxygen atoms in total. The fourth-order valence-electron chi connectivity index (χ4n) is 7.55. The van der Waals surface area contributed by atoms with Crippen LogP contribution in [0.1, 0.15) is 33.4 Å². The van der Waals surface area contributed by atoms with Crippen molar-refractivity contribution in [2.75, 3.05) is 0 Å². The molecule has 8 rings (SSSR count). The fraction of sp³-hybridized carbons (Fsp3) is 0.0500. The molecule has 212 valence electrons. The molecule has 4 heteroatoms. The Morgan fingerprint density at radius 3 is 0.977 bits per heavy atom. The summed E-state index contributed by atoms with van der Waals surface area (Å²) in [6.45, 7) is 3.62. The zero-order valence-electron chi connectivity index (χ0n) is 24.6. The molecule has 6 aromatic rings. The summed E-state index contributed by atoms with van der Waals surface area (Å²) in [5, 5.41) is 4.78. The summed E-state index contributed by atoms with van der Waals surface area (Å²) in [6, 6.07) is 48.4. The van der Waals surface area contributed by atoms with E-state index < -0.39 is 16.8 Å². The van der Waals surface area contributed by atoms with E-state index in [1.165, 1.54) is 0 Å². The lowest BCUT2D eigenvalue weighted by molar-refractivity contribution is 0.832. The van der Waals surface area contributed by atoms with Crippen molar-refractivity contribution in [3.63, 3.8) is 0 Å². The number of hydrogen-bond acceptors (Lipinski definition) is 0. The van der Waals surface area contributed by atoms with E-state index in [9.17, 15) is 0 Å². The maximum atomic E-state index is 17.9. The van der Waals surface area contributed by atoms with Crippen LogP contribution in [0.3, 0.4) is 0 Å². The van der Waals surface area contributed by atoms with Crippen LogP contribution in [0.5, 0.6) is 0 Å². The average Bonchev–Trinajstić information content (AvgIpc) is 3.06. The largest absolute Gasteiger partial charge is 0.307 e. The molecule has 0 saturated heterocycles. The molecule has 0 bridgehead atoms. The van der Waals surface area contributed by atoms with E-state index in [1.807, 2.05) is 122 Å². The normalized spacial score (nSPS) is 20.7. The Morgan fingerprint density at radius 2 is 0.659 bits per heavy atom. The topological polar surface area (TPSA) is 0 Å². The molecule has 0 saturated carbocycles. The Bertz CT molecular complexity index is 1970. The first-order valence-corrected chi connectivity index (χ1v) is 19.8. The van der Waals surface area contributed by atoms with Crippen molar-refractivity contribution in [1.29, 1.82) is 0 Å². The smallest absolute Gasteiger partial charge is 0.302 e. The van der Waals surface area contributed by atoms with Crippen LogP contribution in [0, 0.1) is 0 Å². The molecule has 6 aromatic carbocycles. The minimum absolute atomic E-state index is 0.729. The molecule has 2 unspecified atom stereocenters. The van der Waals surface area contributed by atoms with Crippen molar-refractivity contribution in [2.45, 2.75) is 13.1 Å². The van der Waals surface area contributed by atoms with Crippen molar-refractivity contribution in [2.24, 2.45) is 0 Å². The van der Waals surface area contributed by atoms with E-state index in [1.54, 1.807) is 0 Å². The fourth-order valence-corrected chi connectivity index (χ4v) is 13.3. The predicted molar refractivity (Wildman–Crippen MR) is 186 cm³/mol. The van der Waals surface area contributed by atoms with E-state index in [4.69, 9.17) is 0 Å². The van der Waals surface area contributed by atoms with Gasteiger partial charge >= 0.3 is 16.8 Å². The highest BCUT2D eigenvalue weighted by Crippen LogP contribution is 2.50. The Balaban J connectivity index is 1.55. The maximum absolute atomic E-state index is 17.9. The van der Waals surface area contributed by atoms with Gasteiger partial charge in [-0.1, -0.05) is 146 Å². The zero-order valence-corrected chi connectivity index (χ0v) is 26.6. The van der Waals surface area contributed by atoms with Crippen LogP contribution in [0.15, 0.2) is 146 Å². The zero-order chi connectivity index (χ0) is 30.1. The van der Waals surface area contributed by atoms with Crippen molar-refractivity contribution >= 4 is 59.5 Å². The Hall–Kier alpha value is -4.65. The third-order valence-corrected chi connectivity index (χ3v) is 15.2. The summed E-state index contributed by atoms with van der Waals surface area (Å²) in [4.78, 5) is 0. The SMILES string of the molecule is C[Si]1(F)C(c2ccccc2)=C(c2ccccc2)c2ccc3c4c(ccc1c24)C(c1ccccc1)=C(c1ccccc1)[Si]3(C)F. The van der Waals surface area contributed by atoms with Crippen LogP contribution in [0.4, 0.5) is 8.22 Å². The third-order valence-electron chi connectivity index (χ3n) is 9.40. The summed E-state index contributed by atoms with van der Waals surface area (Å²) in [7, 11) is -7.53. The van der Waals surface area contributed by atoms with Gasteiger partial charge in [-0.05, 0) is 89.2 Å². The monoisotopic (exact) mass is 604 g/mol. The standard InChI is InChI=1S/C40H30F2Si2/c1-43(41)33-25-23-32-36(28-17-9-4-10-18-28)40(30-21-13-6-14-22-30)44(2,42)34-26-24-31(37(33)38(32)34)35(27-15-7-3-8-16-27)39(43)29-19-11-5-12-20-29/h3-26H,1-2H3. The number of hydrogen-bond donors (Lipinski definition) is 0. The minimum atomic E-state index is -3.76. The molecule has 0 aromatic heterocycles. The highest BCUT2D eigenvalue weighted by molar-refractivity contribution is 7.06. The van der Waals surface area contributed by atoms with Gasteiger partial charge in [-0.15, -0.1) is 0 Å². The maximum Gasteiger partial charge on any atom is 0.307 e. The molecule has 0 amide bonds. The number of benzene rings is 6. The van der Waals surface area contributed by atoms with Crippen molar-refractivity contribution in [1.82, 2.24) is 0 Å². The highest BCUT2D eigenvalue weighted by Gasteiger charge is 2.49. The first-order chi connectivity index (χ1) is 21.4. The van der Waals surface area contributed by atoms with E-state index in [2.05, 4.69) is 36.4 Å². The molecule has 2 aliphatic heterocycles. The minimum Gasteiger partial charge on any atom is -0.302 e. The molecule has 0 fully saturated rings. The van der Waals surface area contributed by atoms with Crippen molar-refractivity contribution < 1.29 is 8.22 Å². The van der Waals surface area contributed by atoms with Gasteiger partial charge in [0.05, 0.1) is 0 Å². The van der Waals surface area contributed by atoms with E-state index >= 15 is 8.22 Å². The first kappa shape index (κ1) is 26.9. The summed E-state index contributed by atoms with van der Waals surface area (Å²) >= 11 is 0. The summed E-state index contributed by atoms with van der Waals surface area (Å²) in [6.07, 6.45) is 0. The molecule has 44 heavy (non-hydrogen) atoms. The van der Waals surface area contributed by atoms with Gasteiger partial charge in [-0.25, -0.2) is 0 Å². The van der Waals surface area contributed by atoms with Gasteiger partial charge in [0.15, 0.2) is 0 Å².